The number of halogens is 2. The summed E-state index contributed by atoms with van der Waals surface area (Å²) in [7, 11) is 0. The van der Waals surface area contributed by atoms with E-state index in [1.807, 2.05) is 13.0 Å². The van der Waals surface area contributed by atoms with E-state index in [4.69, 9.17) is 0 Å². The highest BCUT2D eigenvalue weighted by atomic mass is 19.1. The van der Waals surface area contributed by atoms with E-state index in [9.17, 15) is 8.78 Å². The van der Waals surface area contributed by atoms with Gasteiger partial charge in [0.1, 0.15) is 11.6 Å². The molecule has 1 aromatic carbocycles. The fraction of sp³-hybridized carbons (Fsp3) is 0.333. The average molecular weight is 155 g/mol. The molecule has 11 heavy (non-hydrogen) atoms. The molecular formula is C9H9F2. The molecule has 2 heteroatoms. The van der Waals surface area contributed by atoms with Crippen LogP contribution < -0.4 is 0 Å². The lowest BCUT2D eigenvalue weighted by atomic mass is 10.1. The molecule has 1 radical (unpaired) electrons. The maximum absolute atomic E-state index is 12.7. The SMILES string of the molecule is CCCc1ccc(F)[c]c1F. The summed E-state index contributed by atoms with van der Waals surface area (Å²) < 4.78 is 25.0. The van der Waals surface area contributed by atoms with Crippen molar-refractivity contribution in [2.24, 2.45) is 0 Å². The standard InChI is InChI=1S/C9H9F2/c1-2-3-7-4-5-8(10)6-9(7)11/h4-5H,2-3H2,1H3. The Labute approximate surface area is 64.9 Å². The Morgan fingerprint density at radius 3 is 2.64 bits per heavy atom. The van der Waals surface area contributed by atoms with Crippen LogP contribution in [-0.4, -0.2) is 0 Å². The van der Waals surface area contributed by atoms with Gasteiger partial charge in [-0.1, -0.05) is 19.4 Å². The first-order valence-corrected chi connectivity index (χ1v) is 3.60. The van der Waals surface area contributed by atoms with Gasteiger partial charge in [-0.2, -0.15) is 0 Å². The molecule has 0 nitrogen and oxygen atoms in total. The Morgan fingerprint density at radius 2 is 2.09 bits per heavy atom. The Balaban J connectivity index is 2.90. The van der Waals surface area contributed by atoms with Crippen LogP contribution in [0.1, 0.15) is 18.9 Å². The van der Waals surface area contributed by atoms with Crippen molar-refractivity contribution in [1.29, 1.82) is 0 Å². The first kappa shape index (κ1) is 8.18. The average Bonchev–Trinajstić information content (AvgIpc) is 1.95. The summed E-state index contributed by atoms with van der Waals surface area (Å²) >= 11 is 0. The summed E-state index contributed by atoms with van der Waals surface area (Å²) in [5, 5.41) is 0. The fourth-order valence-corrected chi connectivity index (χ4v) is 0.936. The largest absolute Gasteiger partial charge is 0.206 e. The number of rotatable bonds is 2. The van der Waals surface area contributed by atoms with E-state index in [1.54, 1.807) is 0 Å². The summed E-state index contributed by atoms with van der Waals surface area (Å²) in [5.74, 6) is -1.20. The van der Waals surface area contributed by atoms with Crippen LogP contribution in [0.3, 0.4) is 0 Å². The number of aryl methyl sites for hydroxylation is 1. The zero-order valence-corrected chi connectivity index (χ0v) is 6.32. The molecule has 0 N–H and O–H groups in total. The van der Waals surface area contributed by atoms with Gasteiger partial charge in [0, 0.05) is 0 Å². The van der Waals surface area contributed by atoms with Crippen LogP contribution in [0.2, 0.25) is 0 Å². The van der Waals surface area contributed by atoms with E-state index >= 15 is 0 Å². The Kier molecular flexibility index (Phi) is 2.58. The quantitative estimate of drug-likeness (QED) is 0.616. The second-order valence-corrected chi connectivity index (χ2v) is 2.40. The maximum atomic E-state index is 12.7. The predicted molar refractivity (Wildman–Crippen MR) is 39.2 cm³/mol. The van der Waals surface area contributed by atoms with E-state index in [0.29, 0.717) is 12.0 Å². The Bertz CT molecular complexity index is 243. The topological polar surface area (TPSA) is 0 Å². The fourth-order valence-electron chi connectivity index (χ4n) is 0.936. The summed E-state index contributed by atoms with van der Waals surface area (Å²) in [6.07, 6.45) is 1.50. The summed E-state index contributed by atoms with van der Waals surface area (Å²) in [6, 6.07) is 4.68. The molecule has 1 rings (SSSR count). The second kappa shape index (κ2) is 3.46. The molecule has 0 spiro atoms. The van der Waals surface area contributed by atoms with E-state index in [0.717, 1.165) is 6.42 Å². The van der Waals surface area contributed by atoms with E-state index < -0.39 is 11.6 Å². The Morgan fingerprint density at radius 1 is 1.36 bits per heavy atom. The molecular weight excluding hydrogens is 146 g/mol. The van der Waals surface area contributed by atoms with Crippen LogP contribution in [0, 0.1) is 17.7 Å². The third-order valence-corrected chi connectivity index (χ3v) is 1.46. The third kappa shape index (κ3) is 2.00. The second-order valence-electron chi connectivity index (χ2n) is 2.40. The molecule has 0 bridgehead atoms. The van der Waals surface area contributed by atoms with Crippen LogP contribution in [0.5, 0.6) is 0 Å². The monoisotopic (exact) mass is 155 g/mol. The highest BCUT2D eigenvalue weighted by Crippen LogP contribution is 2.10. The van der Waals surface area contributed by atoms with E-state index in [1.165, 1.54) is 12.1 Å². The van der Waals surface area contributed by atoms with Gasteiger partial charge >= 0.3 is 0 Å². The van der Waals surface area contributed by atoms with Gasteiger partial charge in [-0.25, -0.2) is 8.78 Å². The molecule has 1 aromatic rings. The van der Waals surface area contributed by atoms with Crippen LogP contribution in [0.4, 0.5) is 8.78 Å². The number of hydrogen-bond acceptors (Lipinski definition) is 0. The van der Waals surface area contributed by atoms with E-state index in [-0.39, 0.29) is 0 Å². The molecule has 0 aliphatic carbocycles. The minimum Gasteiger partial charge on any atom is -0.206 e. The van der Waals surface area contributed by atoms with Crippen molar-refractivity contribution in [1.82, 2.24) is 0 Å². The van der Waals surface area contributed by atoms with Crippen LogP contribution in [0.25, 0.3) is 0 Å². The number of hydrogen-bond donors (Lipinski definition) is 0. The van der Waals surface area contributed by atoms with Gasteiger partial charge in [-0.15, -0.1) is 0 Å². The first-order chi connectivity index (χ1) is 5.24. The minimum atomic E-state index is -0.637. The molecule has 0 aromatic heterocycles. The van der Waals surface area contributed by atoms with Crippen molar-refractivity contribution in [2.75, 3.05) is 0 Å². The van der Waals surface area contributed by atoms with Crippen molar-refractivity contribution in [3.05, 3.63) is 35.4 Å². The Hall–Kier alpha value is -0.920. The van der Waals surface area contributed by atoms with Crippen LogP contribution in [-0.2, 0) is 6.42 Å². The zero-order valence-electron chi connectivity index (χ0n) is 6.32. The third-order valence-electron chi connectivity index (χ3n) is 1.46. The molecule has 0 atom stereocenters. The highest BCUT2D eigenvalue weighted by molar-refractivity contribution is 5.17. The van der Waals surface area contributed by atoms with Gasteiger partial charge in [0.15, 0.2) is 0 Å². The summed E-state index contributed by atoms with van der Waals surface area (Å²) in [6.45, 7) is 1.95. The van der Waals surface area contributed by atoms with Gasteiger partial charge < -0.3 is 0 Å². The van der Waals surface area contributed by atoms with Crippen molar-refractivity contribution < 1.29 is 8.78 Å². The molecule has 59 valence electrons. The molecule has 0 heterocycles. The maximum Gasteiger partial charge on any atom is 0.137 e. The lowest BCUT2D eigenvalue weighted by molar-refractivity contribution is 0.567. The van der Waals surface area contributed by atoms with Crippen molar-refractivity contribution in [3.8, 4) is 0 Å². The molecule has 0 saturated heterocycles. The van der Waals surface area contributed by atoms with E-state index in [2.05, 4.69) is 0 Å². The predicted octanol–water partition coefficient (Wildman–Crippen LogP) is 2.72. The van der Waals surface area contributed by atoms with Gasteiger partial charge in [-0.05, 0) is 18.1 Å². The van der Waals surface area contributed by atoms with Crippen molar-refractivity contribution in [2.45, 2.75) is 19.8 Å². The molecule has 0 fully saturated rings. The van der Waals surface area contributed by atoms with Gasteiger partial charge in [-0.3, -0.25) is 0 Å². The summed E-state index contributed by atoms with van der Waals surface area (Å²) in [5.41, 5.74) is 0.536. The summed E-state index contributed by atoms with van der Waals surface area (Å²) in [4.78, 5) is 0. The highest BCUT2D eigenvalue weighted by Gasteiger charge is 2.01. The van der Waals surface area contributed by atoms with Crippen molar-refractivity contribution in [3.63, 3.8) is 0 Å². The zero-order chi connectivity index (χ0) is 8.27. The lowest BCUT2D eigenvalue weighted by Crippen LogP contribution is -1.90. The van der Waals surface area contributed by atoms with Gasteiger partial charge in [0.05, 0.1) is 6.07 Å². The molecule has 0 aliphatic rings. The van der Waals surface area contributed by atoms with Gasteiger partial charge in [0.2, 0.25) is 0 Å². The molecule has 0 unspecified atom stereocenters. The first-order valence-electron chi connectivity index (χ1n) is 3.60. The van der Waals surface area contributed by atoms with Crippen LogP contribution >= 0.6 is 0 Å². The molecule has 0 aliphatic heterocycles. The lowest BCUT2D eigenvalue weighted by Gasteiger charge is -1.98. The number of benzene rings is 1. The molecule has 0 saturated carbocycles. The normalized spacial score (nSPS) is 10.1. The minimum absolute atomic E-state index is 0.536. The molecule has 0 amide bonds. The van der Waals surface area contributed by atoms with Gasteiger partial charge in [0.25, 0.3) is 0 Å². The smallest absolute Gasteiger partial charge is 0.137 e. The van der Waals surface area contributed by atoms with Crippen molar-refractivity contribution >= 4 is 0 Å². The van der Waals surface area contributed by atoms with Crippen LogP contribution in [0.15, 0.2) is 12.1 Å².